The van der Waals surface area contributed by atoms with E-state index in [9.17, 15) is 9.59 Å². The summed E-state index contributed by atoms with van der Waals surface area (Å²) in [4.78, 5) is 21.2. The summed E-state index contributed by atoms with van der Waals surface area (Å²) in [6.07, 6.45) is 0.811. The van der Waals surface area contributed by atoms with Gasteiger partial charge in [-0.1, -0.05) is 6.92 Å². The van der Waals surface area contributed by atoms with Gasteiger partial charge in [0.15, 0.2) is 0 Å². The highest BCUT2D eigenvalue weighted by molar-refractivity contribution is 5.74. The Balaban J connectivity index is 3.22. The molecule has 0 radical (unpaired) electrons. The van der Waals surface area contributed by atoms with E-state index >= 15 is 0 Å². The highest BCUT2D eigenvalue weighted by Crippen LogP contribution is 1.77. The highest BCUT2D eigenvalue weighted by Gasteiger charge is 2.00. The summed E-state index contributed by atoms with van der Waals surface area (Å²) in [6.45, 7) is 4.56. The molecule has 0 aromatic rings. The maximum Gasteiger partial charge on any atom is 0.314 e. The molecule has 15 heavy (non-hydrogen) atoms. The van der Waals surface area contributed by atoms with Crippen molar-refractivity contribution >= 4 is 12.0 Å². The normalized spacial score (nSPS) is 9.67. The summed E-state index contributed by atoms with van der Waals surface area (Å²) in [6, 6.07) is -0.312. The van der Waals surface area contributed by atoms with Crippen molar-refractivity contribution in [3.8, 4) is 0 Å². The van der Waals surface area contributed by atoms with Gasteiger partial charge in [0.05, 0.1) is 6.42 Å². The third-order valence-electron chi connectivity index (χ3n) is 1.69. The second kappa shape index (κ2) is 9.26. The number of hydrogen-bond acceptors (Lipinski definition) is 3. The van der Waals surface area contributed by atoms with Crippen LogP contribution in [-0.2, 0) is 4.79 Å². The first-order chi connectivity index (χ1) is 7.16. The van der Waals surface area contributed by atoms with Crippen LogP contribution in [0.2, 0.25) is 0 Å². The largest absolute Gasteiger partial charge is 0.481 e. The fourth-order valence-electron chi connectivity index (χ4n) is 0.938. The molecular weight excluding hydrogens is 198 g/mol. The number of hydrogen-bond donors (Lipinski definition) is 4. The lowest BCUT2D eigenvalue weighted by molar-refractivity contribution is -0.136. The Bertz CT molecular complexity index is 197. The minimum absolute atomic E-state index is 0.0508. The number of carboxylic acid groups (broad SMARTS) is 1. The molecule has 0 saturated heterocycles. The van der Waals surface area contributed by atoms with Gasteiger partial charge in [-0.25, -0.2) is 4.79 Å². The molecule has 0 aliphatic rings. The monoisotopic (exact) mass is 217 g/mol. The van der Waals surface area contributed by atoms with Crippen molar-refractivity contribution in [1.29, 1.82) is 0 Å². The van der Waals surface area contributed by atoms with Crippen LogP contribution >= 0.6 is 0 Å². The first-order valence-corrected chi connectivity index (χ1v) is 5.11. The van der Waals surface area contributed by atoms with Crippen LogP contribution < -0.4 is 16.0 Å². The molecule has 0 aromatic heterocycles. The predicted molar refractivity (Wildman–Crippen MR) is 56.8 cm³/mol. The lowest BCUT2D eigenvalue weighted by Crippen LogP contribution is -2.37. The van der Waals surface area contributed by atoms with Gasteiger partial charge in [0.1, 0.15) is 0 Å². The minimum atomic E-state index is -0.914. The van der Waals surface area contributed by atoms with Crippen LogP contribution in [0.1, 0.15) is 19.8 Å². The molecule has 0 saturated carbocycles. The Kier molecular flexibility index (Phi) is 8.46. The molecule has 0 aliphatic heterocycles. The van der Waals surface area contributed by atoms with Crippen LogP contribution in [0.5, 0.6) is 0 Å². The van der Waals surface area contributed by atoms with E-state index < -0.39 is 5.97 Å². The molecule has 0 atom stereocenters. The Morgan fingerprint density at radius 1 is 1.13 bits per heavy atom. The summed E-state index contributed by atoms with van der Waals surface area (Å²) in [5.74, 6) is -0.914. The zero-order chi connectivity index (χ0) is 11.5. The number of urea groups is 1. The molecule has 6 nitrogen and oxygen atoms in total. The van der Waals surface area contributed by atoms with Crippen molar-refractivity contribution in [3.05, 3.63) is 0 Å². The quantitative estimate of drug-likeness (QED) is 0.422. The average Bonchev–Trinajstić information content (AvgIpc) is 2.17. The number of nitrogens with one attached hydrogen (secondary N) is 3. The lowest BCUT2D eigenvalue weighted by Gasteiger charge is -2.06. The molecule has 0 spiro atoms. The second-order valence-electron chi connectivity index (χ2n) is 3.03. The Morgan fingerprint density at radius 2 is 1.80 bits per heavy atom. The Morgan fingerprint density at radius 3 is 2.40 bits per heavy atom. The molecule has 88 valence electrons. The van der Waals surface area contributed by atoms with Crippen molar-refractivity contribution in [2.24, 2.45) is 0 Å². The average molecular weight is 217 g/mol. The number of carboxylic acids is 1. The van der Waals surface area contributed by atoms with Crippen LogP contribution in [0.4, 0.5) is 4.79 Å². The molecular formula is C9H19N3O3. The standard InChI is InChI=1S/C9H19N3O3/c1-2-10-5-3-6-11-9(15)12-7-4-8(13)14/h10H,2-7H2,1H3,(H,13,14)(H2,11,12,15). The van der Waals surface area contributed by atoms with Gasteiger partial charge in [-0.15, -0.1) is 0 Å². The van der Waals surface area contributed by atoms with E-state index in [1.54, 1.807) is 0 Å². The molecule has 0 unspecified atom stereocenters. The molecule has 0 fully saturated rings. The maximum absolute atomic E-state index is 11.0. The number of aliphatic carboxylic acids is 1. The number of carbonyl (C=O) groups excluding carboxylic acids is 1. The van der Waals surface area contributed by atoms with Gasteiger partial charge in [0, 0.05) is 13.1 Å². The Hall–Kier alpha value is -1.30. The SMILES string of the molecule is CCNCCCNC(=O)NCCC(=O)O. The van der Waals surface area contributed by atoms with E-state index in [1.807, 2.05) is 6.92 Å². The van der Waals surface area contributed by atoms with Gasteiger partial charge in [0.2, 0.25) is 0 Å². The molecule has 0 bridgehead atoms. The highest BCUT2D eigenvalue weighted by atomic mass is 16.4. The van der Waals surface area contributed by atoms with E-state index in [-0.39, 0.29) is 19.0 Å². The summed E-state index contributed by atoms with van der Waals surface area (Å²) in [5, 5.41) is 16.5. The van der Waals surface area contributed by atoms with Crippen LogP contribution in [0, 0.1) is 0 Å². The smallest absolute Gasteiger partial charge is 0.314 e. The van der Waals surface area contributed by atoms with Gasteiger partial charge in [-0.2, -0.15) is 0 Å². The van der Waals surface area contributed by atoms with Crippen LogP contribution in [0.3, 0.4) is 0 Å². The van der Waals surface area contributed by atoms with Gasteiger partial charge in [-0.3, -0.25) is 4.79 Å². The third-order valence-corrected chi connectivity index (χ3v) is 1.69. The summed E-state index contributed by atoms with van der Waals surface area (Å²) >= 11 is 0. The minimum Gasteiger partial charge on any atom is -0.481 e. The van der Waals surface area contributed by atoms with Gasteiger partial charge >= 0.3 is 12.0 Å². The number of amides is 2. The van der Waals surface area contributed by atoms with E-state index in [0.29, 0.717) is 6.54 Å². The predicted octanol–water partition coefficient (Wildman–Crippen LogP) is -0.240. The van der Waals surface area contributed by atoms with Crippen molar-refractivity contribution in [1.82, 2.24) is 16.0 Å². The molecule has 0 rings (SSSR count). The van der Waals surface area contributed by atoms with E-state index in [1.165, 1.54) is 0 Å². The topological polar surface area (TPSA) is 90.5 Å². The molecule has 2 amide bonds. The van der Waals surface area contributed by atoms with Gasteiger partial charge in [0.25, 0.3) is 0 Å². The second-order valence-corrected chi connectivity index (χ2v) is 3.03. The fourth-order valence-corrected chi connectivity index (χ4v) is 0.938. The first-order valence-electron chi connectivity index (χ1n) is 5.11. The number of carbonyl (C=O) groups is 2. The van der Waals surface area contributed by atoms with Crippen molar-refractivity contribution in [2.45, 2.75) is 19.8 Å². The zero-order valence-corrected chi connectivity index (χ0v) is 9.01. The van der Waals surface area contributed by atoms with E-state index in [0.717, 1.165) is 19.5 Å². The van der Waals surface area contributed by atoms with Crippen molar-refractivity contribution < 1.29 is 14.7 Å². The van der Waals surface area contributed by atoms with Crippen molar-refractivity contribution in [3.63, 3.8) is 0 Å². The number of rotatable bonds is 8. The van der Waals surface area contributed by atoms with Crippen LogP contribution in [0.25, 0.3) is 0 Å². The molecule has 4 N–H and O–H groups in total. The molecule has 0 aromatic carbocycles. The van der Waals surface area contributed by atoms with E-state index in [4.69, 9.17) is 5.11 Å². The first kappa shape index (κ1) is 13.7. The van der Waals surface area contributed by atoms with Crippen molar-refractivity contribution in [2.75, 3.05) is 26.2 Å². The summed E-state index contributed by atoms with van der Waals surface area (Å²) in [7, 11) is 0. The molecule has 0 heterocycles. The van der Waals surface area contributed by atoms with Crippen LogP contribution in [-0.4, -0.2) is 43.3 Å². The summed E-state index contributed by atoms with van der Waals surface area (Å²) < 4.78 is 0. The maximum atomic E-state index is 11.0. The van der Waals surface area contributed by atoms with E-state index in [2.05, 4.69) is 16.0 Å². The van der Waals surface area contributed by atoms with Crippen LogP contribution in [0.15, 0.2) is 0 Å². The fraction of sp³-hybridized carbons (Fsp3) is 0.778. The molecule has 6 heteroatoms. The zero-order valence-electron chi connectivity index (χ0n) is 9.01. The third kappa shape index (κ3) is 10.6. The Labute approximate surface area is 89.4 Å². The lowest BCUT2D eigenvalue weighted by atomic mass is 10.4. The van der Waals surface area contributed by atoms with Gasteiger partial charge < -0.3 is 21.1 Å². The summed E-state index contributed by atoms with van der Waals surface area (Å²) in [5.41, 5.74) is 0. The van der Waals surface area contributed by atoms with Gasteiger partial charge in [-0.05, 0) is 19.5 Å². The molecule has 0 aliphatic carbocycles.